The van der Waals surface area contributed by atoms with E-state index in [-0.39, 0.29) is 10.7 Å². The van der Waals surface area contributed by atoms with Crippen molar-refractivity contribution in [3.05, 3.63) is 92.2 Å². The molecule has 1 aromatic heterocycles. The summed E-state index contributed by atoms with van der Waals surface area (Å²) in [5.74, 6) is 0.294. The standard InChI is InChI=1S/C23H17Cl2NO3S/c1-13-5-6-15(10-14(13)2)20-21(30-12-17-4-3-9-29-17)23(28)26(22(20)27)19-11-16(24)7-8-18(19)25/h3-11H,12H2,1-2H3. The van der Waals surface area contributed by atoms with Crippen LogP contribution in [-0.2, 0) is 15.3 Å². The number of imide groups is 1. The highest BCUT2D eigenvalue weighted by Gasteiger charge is 2.41. The second-order valence-corrected chi connectivity index (χ2v) is 8.74. The van der Waals surface area contributed by atoms with E-state index in [9.17, 15) is 9.59 Å². The van der Waals surface area contributed by atoms with Crippen molar-refractivity contribution in [2.45, 2.75) is 19.6 Å². The summed E-state index contributed by atoms with van der Waals surface area (Å²) in [6.45, 7) is 3.97. The maximum Gasteiger partial charge on any atom is 0.272 e. The average molecular weight is 458 g/mol. The van der Waals surface area contributed by atoms with Gasteiger partial charge >= 0.3 is 0 Å². The van der Waals surface area contributed by atoms with Crippen molar-refractivity contribution in [3.63, 3.8) is 0 Å². The first-order valence-electron chi connectivity index (χ1n) is 9.17. The van der Waals surface area contributed by atoms with E-state index in [0.29, 0.717) is 32.6 Å². The molecule has 2 amide bonds. The number of aryl methyl sites for hydroxylation is 2. The number of benzene rings is 2. The van der Waals surface area contributed by atoms with Crippen LogP contribution in [0.4, 0.5) is 5.69 Å². The number of carbonyl (C=O) groups is 2. The Morgan fingerprint density at radius 3 is 2.47 bits per heavy atom. The zero-order valence-electron chi connectivity index (χ0n) is 16.2. The lowest BCUT2D eigenvalue weighted by atomic mass is 10.0. The van der Waals surface area contributed by atoms with E-state index in [1.54, 1.807) is 24.5 Å². The molecule has 0 bridgehead atoms. The predicted molar refractivity (Wildman–Crippen MR) is 122 cm³/mol. The Morgan fingerprint density at radius 2 is 1.77 bits per heavy atom. The molecule has 2 heterocycles. The zero-order valence-corrected chi connectivity index (χ0v) is 18.6. The maximum atomic E-state index is 13.5. The molecule has 2 aromatic carbocycles. The highest BCUT2D eigenvalue weighted by molar-refractivity contribution is 8.03. The fraction of sp³-hybridized carbons (Fsp3) is 0.130. The number of thioether (sulfide) groups is 1. The lowest BCUT2D eigenvalue weighted by Gasteiger charge is -2.17. The van der Waals surface area contributed by atoms with Crippen LogP contribution in [-0.4, -0.2) is 11.8 Å². The van der Waals surface area contributed by atoms with E-state index in [1.807, 2.05) is 38.1 Å². The number of furan rings is 1. The Bertz CT molecular complexity index is 1190. The van der Waals surface area contributed by atoms with Crippen molar-refractivity contribution in [1.82, 2.24) is 0 Å². The molecule has 0 saturated carbocycles. The summed E-state index contributed by atoms with van der Waals surface area (Å²) < 4.78 is 5.39. The average Bonchev–Trinajstić information content (AvgIpc) is 3.31. The Kier molecular flexibility index (Phi) is 5.78. The van der Waals surface area contributed by atoms with Gasteiger partial charge in [-0.15, -0.1) is 11.8 Å². The van der Waals surface area contributed by atoms with Crippen molar-refractivity contribution >= 4 is 58.0 Å². The van der Waals surface area contributed by atoms with Crippen molar-refractivity contribution in [2.75, 3.05) is 4.90 Å². The number of hydrogen-bond donors (Lipinski definition) is 0. The Hall–Kier alpha value is -2.47. The third kappa shape index (κ3) is 3.81. The minimum absolute atomic E-state index is 0.272. The Morgan fingerprint density at radius 1 is 0.967 bits per heavy atom. The van der Waals surface area contributed by atoms with Crippen LogP contribution in [0.25, 0.3) is 5.57 Å². The Labute approximate surface area is 188 Å². The zero-order chi connectivity index (χ0) is 21.4. The van der Waals surface area contributed by atoms with Crippen LogP contribution in [0.3, 0.4) is 0 Å². The molecule has 0 N–H and O–H groups in total. The molecule has 3 aromatic rings. The first-order valence-corrected chi connectivity index (χ1v) is 10.9. The van der Waals surface area contributed by atoms with Crippen LogP contribution in [0.15, 0.2) is 64.1 Å². The van der Waals surface area contributed by atoms with Crippen molar-refractivity contribution in [3.8, 4) is 0 Å². The summed E-state index contributed by atoms with van der Waals surface area (Å²) >= 11 is 13.7. The van der Waals surface area contributed by atoms with Gasteiger partial charge in [0.05, 0.1) is 33.2 Å². The summed E-state index contributed by atoms with van der Waals surface area (Å²) in [4.78, 5) is 28.3. The van der Waals surface area contributed by atoms with E-state index in [0.717, 1.165) is 16.0 Å². The number of anilines is 1. The number of rotatable bonds is 5. The van der Waals surface area contributed by atoms with Crippen molar-refractivity contribution < 1.29 is 14.0 Å². The van der Waals surface area contributed by atoms with Gasteiger partial charge in [-0.1, -0.05) is 41.4 Å². The largest absolute Gasteiger partial charge is 0.468 e. The van der Waals surface area contributed by atoms with Gasteiger partial charge in [0, 0.05) is 5.02 Å². The van der Waals surface area contributed by atoms with Crippen molar-refractivity contribution in [2.24, 2.45) is 0 Å². The molecule has 30 heavy (non-hydrogen) atoms. The van der Waals surface area contributed by atoms with Crippen LogP contribution in [0.2, 0.25) is 10.0 Å². The fourth-order valence-electron chi connectivity index (χ4n) is 3.21. The molecular formula is C23H17Cl2NO3S. The first kappa shape index (κ1) is 20.8. The molecule has 1 aliphatic heterocycles. The molecule has 0 atom stereocenters. The summed E-state index contributed by atoms with van der Waals surface area (Å²) in [7, 11) is 0. The normalized spacial score (nSPS) is 14.2. The quantitative estimate of drug-likeness (QED) is 0.414. The van der Waals surface area contributed by atoms with Crippen molar-refractivity contribution in [1.29, 1.82) is 0 Å². The number of hydrogen-bond acceptors (Lipinski definition) is 4. The maximum absolute atomic E-state index is 13.5. The van der Waals surface area contributed by atoms with Crippen LogP contribution >= 0.6 is 35.0 Å². The van der Waals surface area contributed by atoms with Gasteiger partial charge in [-0.25, -0.2) is 4.90 Å². The fourth-order valence-corrected chi connectivity index (χ4v) is 4.59. The SMILES string of the molecule is Cc1ccc(C2=C(SCc3ccco3)C(=O)N(c3cc(Cl)ccc3Cl)C2=O)cc1C. The highest BCUT2D eigenvalue weighted by Crippen LogP contribution is 2.42. The molecule has 1 aliphatic rings. The van der Waals surface area contributed by atoms with E-state index < -0.39 is 11.8 Å². The second kappa shape index (κ2) is 8.34. The molecule has 0 aliphatic carbocycles. The Balaban J connectivity index is 1.81. The first-order chi connectivity index (χ1) is 14.4. The summed E-state index contributed by atoms with van der Waals surface area (Å²) in [6, 6.07) is 14.1. The van der Waals surface area contributed by atoms with Gasteiger partial charge in [0.2, 0.25) is 0 Å². The van der Waals surface area contributed by atoms with Gasteiger partial charge in [-0.3, -0.25) is 9.59 Å². The molecule has 4 nitrogen and oxygen atoms in total. The van der Waals surface area contributed by atoms with Gasteiger partial charge in [-0.2, -0.15) is 0 Å². The molecule has 4 rings (SSSR count). The third-order valence-corrected chi connectivity index (χ3v) is 6.58. The third-order valence-electron chi connectivity index (χ3n) is 4.92. The molecule has 0 fully saturated rings. The molecular weight excluding hydrogens is 441 g/mol. The van der Waals surface area contributed by atoms with Gasteiger partial charge in [0.25, 0.3) is 11.8 Å². The molecule has 7 heteroatoms. The van der Waals surface area contributed by atoms with E-state index >= 15 is 0 Å². The smallest absolute Gasteiger partial charge is 0.272 e. The monoisotopic (exact) mass is 457 g/mol. The minimum Gasteiger partial charge on any atom is -0.468 e. The number of halogens is 2. The lowest BCUT2D eigenvalue weighted by Crippen LogP contribution is -2.31. The lowest BCUT2D eigenvalue weighted by molar-refractivity contribution is -0.119. The molecule has 152 valence electrons. The van der Waals surface area contributed by atoms with E-state index in [4.69, 9.17) is 27.6 Å². The van der Waals surface area contributed by atoms with Gasteiger partial charge in [-0.05, 0) is 60.9 Å². The van der Waals surface area contributed by atoms with Crippen LogP contribution in [0, 0.1) is 13.8 Å². The second-order valence-electron chi connectivity index (χ2n) is 6.91. The molecule has 0 unspecified atom stereocenters. The van der Waals surface area contributed by atoms with Gasteiger partial charge < -0.3 is 4.42 Å². The van der Waals surface area contributed by atoms with Gasteiger partial charge in [0.1, 0.15) is 5.76 Å². The topological polar surface area (TPSA) is 50.5 Å². The minimum atomic E-state index is -0.422. The predicted octanol–water partition coefficient (Wildman–Crippen LogP) is 6.42. The molecule has 0 radical (unpaired) electrons. The molecule has 0 spiro atoms. The van der Waals surface area contributed by atoms with Crippen LogP contribution in [0.1, 0.15) is 22.5 Å². The summed E-state index contributed by atoms with van der Waals surface area (Å²) in [5.41, 5.74) is 3.47. The highest BCUT2D eigenvalue weighted by atomic mass is 35.5. The number of nitrogens with zero attached hydrogens (tertiary/aromatic N) is 1. The van der Waals surface area contributed by atoms with Crippen LogP contribution in [0.5, 0.6) is 0 Å². The van der Waals surface area contributed by atoms with Gasteiger partial charge in [0.15, 0.2) is 0 Å². The summed E-state index contributed by atoms with van der Waals surface area (Å²) in [5, 5.41) is 0.664. The van der Waals surface area contributed by atoms with Crippen LogP contribution < -0.4 is 4.90 Å². The molecule has 0 saturated heterocycles. The van der Waals surface area contributed by atoms with E-state index in [2.05, 4.69) is 0 Å². The number of amides is 2. The van der Waals surface area contributed by atoms with E-state index in [1.165, 1.54) is 17.8 Å². The summed E-state index contributed by atoms with van der Waals surface area (Å²) in [6.07, 6.45) is 1.58. The number of carbonyl (C=O) groups excluding carboxylic acids is 2.